The van der Waals surface area contributed by atoms with E-state index in [1.165, 1.54) is 0 Å². The van der Waals surface area contributed by atoms with Gasteiger partial charge in [-0.1, -0.05) is 24.3 Å². The molecule has 0 aliphatic heterocycles. The molecule has 2 heterocycles. The van der Waals surface area contributed by atoms with E-state index in [9.17, 15) is 10.1 Å². The standard InChI is InChI=1S/C26H27N7O2/c1-33(2)16-15-28-24(34)19-9-7-18(8-10-19)11-13-29-26-30-14-12-21(32-26)20(17-27)25-31-22-5-3-4-6-23(22)35-25/h3-10,12,14,20H,11,13,15-16H2,1-2H3,(H,28,34)(H,29,30,32). The van der Waals surface area contributed by atoms with Crippen molar-refractivity contribution in [2.75, 3.05) is 39.0 Å². The van der Waals surface area contributed by atoms with Gasteiger partial charge in [0.15, 0.2) is 11.5 Å². The third-order valence-corrected chi connectivity index (χ3v) is 5.42. The number of nitrogens with one attached hydrogen (secondary N) is 2. The maximum absolute atomic E-state index is 12.2. The summed E-state index contributed by atoms with van der Waals surface area (Å²) in [5.41, 5.74) is 3.57. The van der Waals surface area contributed by atoms with Gasteiger partial charge in [0, 0.05) is 31.4 Å². The fraction of sp³-hybridized carbons (Fsp3) is 0.269. The van der Waals surface area contributed by atoms with E-state index < -0.39 is 5.92 Å². The number of hydrogen-bond acceptors (Lipinski definition) is 8. The van der Waals surface area contributed by atoms with Gasteiger partial charge in [-0.15, -0.1) is 0 Å². The van der Waals surface area contributed by atoms with Gasteiger partial charge < -0.3 is 20.0 Å². The molecule has 0 saturated carbocycles. The van der Waals surface area contributed by atoms with Gasteiger partial charge in [0.1, 0.15) is 5.52 Å². The van der Waals surface area contributed by atoms with Crippen LogP contribution in [0.5, 0.6) is 0 Å². The van der Waals surface area contributed by atoms with E-state index in [2.05, 4.69) is 31.7 Å². The number of nitriles is 1. The van der Waals surface area contributed by atoms with Gasteiger partial charge >= 0.3 is 0 Å². The molecule has 1 atom stereocenters. The minimum absolute atomic E-state index is 0.0762. The first-order chi connectivity index (χ1) is 17.0. The van der Waals surface area contributed by atoms with Gasteiger partial charge in [-0.2, -0.15) is 5.26 Å². The van der Waals surface area contributed by atoms with Crippen LogP contribution in [0.25, 0.3) is 11.1 Å². The van der Waals surface area contributed by atoms with Crippen LogP contribution in [0.3, 0.4) is 0 Å². The number of benzene rings is 2. The fourth-order valence-corrected chi connectivity index (χ4v) is 3.52. The topological polar surface area (TPSA) is 120 Å². The van der Waals surface area contributed by atoms with E-state index in [4.69, 9.17) is 4.42 Å². The molecule has 4 rings (SSSR count). The summed E-state index contributed by atoms with van der Waals surface area (Å²) in [7, 11) is 3.94. The number of rotatable bonds is 10. The predicted molar refractivity (Wildman–Crippen MR) is 133 cm³/mol. The minimum Gasteiger partial charge on any atom is -0.439 e. The smallest absolute Gasteiger partial charge is 0.251 e. The van der Waals surface area contributed by atoms with Crippen LogP contribution in [0.2, 0.25) is 0 Å². The largest absolute Gasteiger partial charge is 0.439 e. The predicted octanol–water partition coefficient (Wildman–Crippen LogP) is 3.22. The second-order valence-corrected chi connectivity index (χ2v) is 8.32. The highest BCUT2D eigenvalue weighted by atomic mass is 16.3. The van der Waals surface area contributed by atoms with Crippen molar-refractivity contribution in [1.29, 1.82) is 5.26 Å². The lowest BCUT2D eigenvalue weighted by molar-refractivity contribution is 0.0951. The molecule has 178 valence electrons. The molecule has 35 heavy (non-hydrogen) atoms. The average Bonchev–Trinajstić information content (AvgIpc) is 3.29. The number of aromatic nitrogens is 3. The molecule has 0 bridgehead atoms. The number of carbonyl (C=O) groups is 1. The highest BCUT2D eigenvalue weighted by Crippen LogP contribution is 2.26. The van der Waals surface area contributed by atoms with E-state index in [1.807, 2.05) is 67.5 Å². The number of para-hydroxylation sites is 2. The van der Waals surface area contributed by atoms with E-state index >= 15 is 0 Å². The van der Waals surface area contributed by atoms with Crippen LogP contribution in [-0.4, -0.2) is 59.5 Å². The number of nitrogens with zero attached hydrogens (tertiary/aromatic N) is 5. The van der Waals surface area contributed by atoms with E-state index in [0.717, 1.165) is 18.5 Å². The Kier molecular flexibility index (Phi) is 7.65. The Bertz CT molecular complexity index is 1290. The highest BCUT2D eigenvalue weighted by Gasteiger charge is 2.22. The Balaban J connectivity index is 1.33. The number of likely N-dealkylation sites (N-methyl/N-ethyl adjacent to an activating group) is 1. The van der Waals surface area contributed by atoms with Crippen molar-refractivity contribution < 1.29 is 9.21 Å². The Hall–Kier alpha value is -4.29. The van der Waals surface area contributed by atoms with Gasteiger partial charge in [0.25, 0.3) is 5.91 Å². The summed E-state index contributed by atoms with van der Waals surface area (Å²) in [6.45, 7) is 2.00. The Morgan fingerprint density at radius 3 is 2.63 bits per heavy atom. The van der Waals surface area contributed by atoms with Gasteiger partial charge in [0.2, 0.25) is 11.8 Å². The molecule has 0 aliphatic carbocycles. The SMILES string of the molecule is CN(C)CCNC(=O)c1ccc(CCNc2nccc(C(C#N)c3nc4ccccc4o3)n2)cc1. The maximum atomic E-state index is 12.2. The zero-order chi connectivity index (χ0) is 24.6. The van der Waals surface area contributed by atoms with Crippen molar-refractivity contribution in [2.24, 2.45) is 0 Å². The Labute approximate surface area is 203 Å². The average molecular weight is 470 g/mol. The maximum Gasteiger partial charge on any atom is 0.251 e. The molecule has 0 radical (unpaired) electrons. The van der Waals surface area contributed by atoms with Crippen LogP contribution in [0.4, 0.5) is 5.95 Å². The normalized spacial score (nSPS) is 11.8. The Morgan fingerprint density at radius 2 is 1.89 bits per heavy atom. The van der Waals surface area contributed by atoms with Crippen LogP contribution in [0.1, 0.15) is 33.4 Å². The van der Waals surface area contributed by atoms with Gasteiger partial charge in [-0.05, 0) is 56.4 Å². The van der Waals surface area contributed by atoms with Crippen LogP contribution in [0, 0.1) is 11.3 Å². The number of anilines is 1. The zero-order valence-corrected chi connectivity index (χ0v) is 19.7. The minimum atomic E-state index is -0.734. The first-order valence-electron chi connectivity index (χ1n) is 11.4. The molecule has 0 spiro atoms. The monoisotopic (exact) mass is 469 g/mol. The molecule has 1 unspecified atom stereocenters. The third-order valence-electron chi connectivity index (χ3n) is 5.42. The number of hydrogen-bond donors (Lipinski definition) is 2. The van der Waals surface area contributed by atoms with Crippen molar-refractivity contribution in [3.63, 3.8) is 0 Å². The summed E-state index contributed by atoms with van der Waals surface area (Å²) >= 11 is 0. The number of amides is 1. The quantitative estimate of drug-likeness (QED) is 0.363. The molecule has 2 aromatic heterocycles. The van der Waals surface area contributed by atoms with E-state index in [0.29, 0.717) is 47.3 Å². The van der Waals surface area contributed by atoms with Crippen LogP contribution in [-0.2, 0) is 6.42 Å². The summed E-state index contributed by atoms with van der Waals surface area (Å²) in [6.07, 6.45) is 2.34. The Morgan fingerprint density at radius 1 is 1.09 bits per heavy atom. The highest BCUT2D eigenvalue weighted by molar-refractivity contribution is 5.94. The van der Waals surface area contributed by atoms with E-state index in [-0.39, 0.29) is 5.91 Å². The molecule has 1 amide bonds. The lowest BCUT2D eigenvalue weighted by Crippen LogP contribution is -2.31. The first kappa shape index (κ1) is 23.9. The molecule has 2 aromatic carbocycles. The lowest BCUT2D eigenvalue weighted by Gasteiger charge is -2.11. The lowest BCUT2D eigenvalue weighted by atomic mass is 10.1. The number of carbonyl (C=O) groups excluding carboxylic acids is 1. The zero-order valence-electron chi connectivity index (χ0n) is 19.7. The molecular weight excluding hydrogens is 442 g/mol. The summed E-state index contributed by atoms with van der Waals surface area (Å²) in [6, 6.07) is 18.9. The van der Waals surface area contributed by atoms with Crippen molar-refractivity contribution in [1.82, 2.24) is 25.2 Å². The van der Waals surface area contributed by atoms with Gasteiger partial charge in [-0.3, -0.25) is 4.79 Å². The summed E-state index contributed by atoms with van der Waals surface area (Å²) in [5, 5.41) is 15.9. The molecule has 0 fully saturated rings. The summed E-state index contributed by atoms with van der Waals surface area (Å²) < 4.78 is 5.77. The molecule has 0 aliphatic rings. The van der Waals surface area contributed by atoms with Crippen molar-refractivity contribution in [2.45, 2.75) is 12.3 Å². The van der Waals surface area contributed by atoms with Crippen molar-refractivity contribution >= 4 is 23.0 Å². The van der Waals surface area contributed by atoms with Crippen LogP contribution >= 0.6 is 0 Å². The molecular formula is C26H27N7O2. The summed E-state index contributed by atoms with van der Waals surface area (Å²) in [4.78, 5) is 27.4. The second-order valence-electron chi connectivity index (χ2n) is 8.32. The first-order valence-corrected chi connectivity index (χ1v) is 11.4. The molecule has 2 N–H and O–H groups in total. The number of oxazole rings is 1. The second kappa shape index (κ2) is 11.2. The van der Waals surface area contributed by atoms with E-state index in [1.54, 1.807) is 12.3 Å². The molecule has 4 aromatic rings. The van der Waals surface area contributed by atoms with Crippen molar-refractivity contribution in [3.8, 4) is 6.07 Å². The van der Waals surface area contributed by atoms with Crippen LogP contribution < -0.4 is 10.6 Å². The van der Waals surface area contributed by atoms with Crippen molar-refractivity contribution in [3.05, 3.63) is 83.5 Å². The van der Waals surface area contributed by atoms with Gasteiger partial charge in [-0.25, -0.2) is 15.0 Å². The van der Waals surface area contributed by atoms with Crippen LogP contribution in [0.15, 0.2) is 65.2 Å². The molecule has 9 nitrogen and oxygen atoms in total. The fourth-order valence-electron chi connectivity index (χ4n) is 3.52. The molecule has 9 heteroatoms. The van der Waals surface area contributed by atoms with Gasteiger partial charge in [0.05, 0.1) is 11.8 Å². The third kappa shape index (κ3) is 6.19. The molecule has 0 saturated heterocycles. The summed E-state index contributed by atoms with van der Waals surface area (Å²) in [5.74, 6) is -0.0740. The number of fused-ring (bicyclic) bond motifs is 1.